The van der Waals surface area contributed by atoms with Gasteiger partial charge in [0.05, 0.1) is 18.0 Å². The fraction of sp³-hybridized carbons (Fsp3) is 0.136. The van der Waals surface area contributed by atoms with E-state index in [4.69, 9.17) is 0 Å². The molecule has 6 heteroatoms. The summed E-state index contributed by atoms with van der Waals surface area (Å²) in [6.45, 7) is 2.25. The molecule has 1 amide bonds. The minimum absolute atomic E-state index is 0.137. The number of fused-ring (bicyclic) bond motifs is 1. The largest absolute Gasteiger partial charge is 0.343 e. The second kappa shape index (κ2) is 7.78. The van der Waals surface area contributed by atoms with Crippen LogP contribution in [0.1, 0.15) is 33.9 Å². The molecule has 2 aromatic carbocycles. The number of nitrogens with zero attached hydrogens (tertiary/aromatic N) is 2. The molecule has 0 bridgehead atoms. The molecule has 0 aliphatic heterocycles. The molecule has 0 unspecified atom stereocenters. The van der Waals surface area contributed by atoms with Gasteiger partial charge in [-0.25, -0.2) is 4.68 Å². The van der Waals surface area contributed by atoms with Gasteiger partial charge >= 0.3 is 0 Å². The molecule has 4 rings (SSSR count). The summed E-state index contributed by atoms with van der Waals surface area (Å²) >= 11 is 1.59. The summed E-state index contributed by atoms with van der Waals surface area (Å²) in [6, 6.07) is 20.5. The lowest BCUT2D eigenvalue weighted by Gasteiger charge is -2.14. The van der Waals surface area contributed by atoms with Gasteiger partial charge in [0.2, 0.25) is 0 Å². The van der Waals surface area contributed by atoms with Crippen LogP contribution in [0.25, 0.3) is 10.8 Å². The first-order valence-electron chi connectivity index (χ1n) is 9.01. The molecular weight excluding hydrogens is 370 g/mol. The van der Waals surface area contributed by atoms with E-state index >= 15 is 0 Å². The Morgan fingerprint density at radius 1 is 1.04 bits per heavy atom. The molecule has 0 spiro atoms. The highest BCUT2D eigenvalue weighted by Gasteiger charge is 2.19. The van der Waals surface area contributed by atoms with E-state index in [0.29, 0.717) is 17.3 Å². The standard InChI is InChI=1S/C22H19N3O2S/c1-15(19-12-7-13-28-19)23-21(26)20-17-10-5-6-11-18(17)22(27)25(24-20)14-16-8-3-2-4-9-16/h2-13,15H,14H2,1H3,(H,23,26)/t15-/m1/s1. The molecule has 0 fully saturated rings. The van der Waals surface area contributed by atoms with Crippen molar-refractivity contribution in [3.05, 3.63) is 98.6 Å². The van der Waals surface area contributed by atoms with E-state index in [1.54, 1.807) is 29.5 Å². The maximum Gasteiger partial charge on any atom is 0.274 e. The molecule has 2 aromatic heterocycles. The third kappa shape index (κ3) is 3.59. The number of rotatable bonds is 5. The number of amides is 1. The summed E-state index contributed by atoms with van der Waals surface area (Å²) in [5, 5.41) is 10.4. The van der Waals surface area contributed by atoms with Crippen LogP contribution < -0.4 is 10.9 Å². The summed E-state index contributed by atoms with van der Waals surface area (Å²) in [7, 11) is 0. The Hall–Kier alpha value is -3.25. The lowest BCUT2D eigenvalue weighted by atomic mass is 10.1. The number of hydrogen-bond donors (Lipinski definition) is 1. The predicted octanol–water partition coefficient (Wildman–Crippen LogP) is 4.00. The van der Waals surface area contributed by atoms with E-state index in [0.717, 1.165) is 10.4 Å². The van der Waals surface area contributed by atoms with Crippen molar-refractivity contribution in [2.45, 2.75) is 19.5 Å². The average molecular weight is 389 g/mol. The molecule has 2 heterocycles. The number of carbonyl (C=O) groups is 1. The van der Waals surface area contributed by atoms with E-state index in [1.165, 1.54) is 4.68 Å². The smallest absolute Gasteiger partial charge is 0.274 e. The van der Waals surface area contributed by atoms with Crippen LogP contribution in [0.4, 0.5) is 0 Å². The lowest BCUT2D eigenvalue weighted by Crippen LogP contribution is -2.32. The highest BCUT2D eigenvalue weighted by Crippen LogP contribution is 2.20. The minimum Gasteiger partial charge on any atom is -0.343 e. The lowest BCUT2D eigenvalue weighted by molar-refractivity contribution is 0.0935. The van der Waals surface area contributed by atoms with Crippen LogP contribution in [0.3, 0.4) is 0 Å². The Bertz CT molecular complexity index is 1170. The molecule has 0 aliphatic rings. The van der Waals surface area contributed by atoms with Crippen LogP contribution in [0.5, 0.6) is 0 Å². The van der Waals surface area contributed by atoms with Crippen molar-refractivity contribution < 1.29 is 4.79 Å². The summed E-state index contributed by atoms with van der Waals surface area (Å²) in [5.41, 5.74) is 1.00. The summed E-state index contributed by atoms with van der Waals surface area (Å²) < 4.78 is 1.36. The average Bonchev–Trinajstić information content (AvgIpc) is 3.26. The first-order chi connectivity index (χ1) is 13.6. The van der Waals surface area contributed by atoms with Gasteiger partial charge in [0.15, 0.2) is 5.69 Å². The number of benzene rings is 2. The van der Waals surface area contributed by atoms with E-state index in [1.807, 2.05) is 60.8 Å². The van der Waals surface area contributed by atoms with Gasteiger partial charge in [-0.1, -0.05) is 54.6 Å². The van der Waals surface area contributed by atoms with Gasteiger partial charge in [0.1, 0.15) is 0 Å². The van der Waals surface area contributed by atoms with E-state index < -0.39 is 0 Å². The summed E-state index contributed by atoms with van der Waals surface area (Å²) in [5.74, 6) is -0.293. The monoisotopic (exact) mass is 389 g/mol. The molecule has 0 saturated carbocycles. The van der Waals surface area contributed by atoms with Gasteiger partial charge in [-0.3, -0.25) is 9.59 Å². The maximum absolute atomic E-state index is 13.0. The van der Waals surface area contributed by atoms with Gasteiger partial charge in [-0.2, -0.15) is 5.10 Å². The first kappa shape index (κ1) is 18.1. The summed E-state index contributed by atoms with van der Waals surface area (Å²) in [4.78, 5) is 26.9. The Labute approximate surface area is 166 Å². The second-order valence-electron chi connectivity index (χ2n) is 6.55. The van der Waals surface area contributed by atoms with E-state index in [2.05, 4.69) is 10.4 Å². The second-order valence-corrected chi connectivity index (χ2v) is 7.53. The number of aromatic nitrogens is 2. The van der Waals surface area contributed by atoms with Crippen LogP contribution in [-0.2, 0) is 6.54 Å². The zero-order chi connectivity index (χ0) is 19.5. The van der Waals surface area contributed by atoms with Gasteiger partial charge in [0.25, 0.3) is 11.5 Å². The molecule has 5 nitrogen and oxygen atoms in total. The molecule has 1 atom stereocenters. The van der Waals surface area contributed by atoms with Crippen LogP contribution >= 0.6 is 11.3 Å². The topological polar surface area (TPSA) is 64.0 Å². The van der Waals surface area contributed by atoms with Gasteiger partial charge in [0, 0.05) is 10.3 Å². The van der Waals surface area contributed by atoms with Crippen LogP contribution in [-0.4, -0.2) is 15.7 Å². The number of hydrogen-bond acceptors (Lipinski definition) is 4. The molecule has 1 N–H and O–H groups in total. The fourth-order valence-corrected chi connectivity index (χ4v) is 3.87. The number of carbonyl (C=O) groups excluding carboxylic acids is 1. The Kier molecular flexibility index (Phi) is 5.04. The van der Waals surface area contributed by atoms with Crippen molar-refractivity contribution in [3.8, 4) is 0 Å². The first-order valence-corrected chi connectivity index (χ1v) is 9.89. The van der Waals surface area contributed by atoms with Gasteiger partial charge in [-0.15, -0.1) is 11.3 Å². The summed E-state index contributed by atoms with van der Waals surface area (Å²) in [6.07, 6.45) is 0. The van der Waals surface area contributed by atoms with Gasteiger partial charge < -0.3 is 5.32 Å². The van der Waals surface area contributed by atoms with Gasteiger partial charge in [-0.05, 0) is 30.0 Å². The van der Waals surface area contributed by atoms with Crippen molar-refractivity contribution in [2.75, 3.05) is 0 Å². The number of thiophene rings is 1. The zero-order valence-electron chi connectivity index (χ0n) is 15.3. The highest BCUT2D eigenvalue weighted by atomic mass is 32.1. The van der Waals surface area contributed by atoms with Crippen LogP contribution in [0, 0.1) is 0 Å². The minimum atomic E-state index is -0.293. The van der Waals surface area contributed by atoms with Crippen molar-refractivity contribution in [2.24, 2.45) is 0 Å². The normalized spacial score (nSPS) is 12.0. The molecular formula is C22H19N3O2S. The van der Waals surface area contributed by atoms with E-state index in [9.17, 15) is 9.59 Å². The molecule has 0 saturated heterocycles. The third-order valence-electron chi connectivity index (χ3n) is 4.58. The Balaban J connectivity index is 1.75. The maximum atomic E-state index is 13.0. The van der Waals surface area contributed by atoms with E-state index in [-0.39, 0.29) is 23.2 Å². The third-order valence-corrected chi connectivity index (χ3v) is 5.63. The van der Waals surface area contributed by atoms with Crippen molar-refractivity contribution in [1.29, 1.82) is 0 Å². The van der Waals surface area contributed by atoms with Crippen molar-refractivity contribution in [1.82, 2.24) is 15.1 Å². The molecule has 0 aliphatic carbocycles. The predicted molar refractivity (Wildman–Crippen MR) is 112 cm³/mol. The highest BCUT2D eigenvalue weighted by molar-refractivity contribution is 7.10. The van der Waals surface area contributed by atoms with Crippen LogP contribution in [0.2, 0.25) is 0 Å². The molecule has 140 valence electrons. The fourth-order valence-electron chi connectivity index (χ4n) is 3.14. The quantitative estimate of drug-likeness (QED) is 0.561. The molecule has 4 aromatic rings. The SMILES string of the molecule is C[C@@H](NC(=O)c1nn(Cc2ccccc2)c(=O)c2ccccc12)c1cccs1. The van der Waals surface area contributed by atoms with Crippen molar-refractivity contribution in [3.63, 3.8) is 0 Å². The zero-order valence-corrected chi connectivity index (χ0v) is 16.1. The van der Waals surface area contributed by atoms with Crippen molar-refractivity contribution >= 4 is 28.0 Å². The Morgan fingerprint density at radius 3 is 2.46 bits per heavy atom. The Morgan fingerprint density at radius 2 is 1.75 bits per heavy atom. The van der Waals surface area contributed by atoms with Crippen LogP contribution in [0.15, 0.2) is 76.9 Å². The number of nitrogens with one attached hydrogen (secondary N) is 1. The molecule has 0 radical (unpaired) electrons. The molecule has 28 heavy (non-hydrogen) atoms.